The second-order valence-electron chi connectivity index (χ2n) is 6.95. The van der Waals surface area contributed by atoms with E-state index < -0.39 is 57.0 Å². The molecule has 2 aromatic rings. The number of hydrogen-bond donors (Lipinski definition) is 2. The first kappa shape index (κ1) is 26.0. The number of nitrogens with zero attached hydrogens (tertiary/aromatic N) is 4. The summed E-state index contributed by atoms with van der Waals surface area (Å²) in [5, 5.41) is 2.17. The maximum Gasteiger partial charge on any atom is 0.412 e. The Hall–Kier alpha value is -2.65. The Bertz CT molecular complexity index is 1110. The molecule has 1 aliphatic heterocycles. The van der Waals surface area contributed by atoms with Crippen LogP contribution < -0.4 is 10.8 Å². The van der Waals surface area contributed by atoms with Gasteiger partial charge in [0, 0.05) is 6.08 Å². The van der Waals surface area contributed by atoms with Gasteiger partial charge in [-0.15, -0.1) is 0 Å². The summed E-state index contributed by atoms with van der Waals surface area (Å²) in [6.45, 7) is 0.861. The van der Waals surface area contributed by atoms with Gasteiger partial charge in [-0.2, -0.15) is 13.2 Å². The summed E-state index contributed by atoms with van der Waals surface area (Å²) < 4.78 is 86.5. The molecule has 1 aliphatic rings. The minimum absolute atomic E-state index is 0.00403. The van der Waals surface area contributed by atoms with Gasteiger partial charge in [-0.1, -0.05) is 0 Å². The lowest BCUT2D eigenvalue weighted by Gasteiger charge is -2.24. The van der Waals surface area contributed by atoms with E-state index in [0.717, 1.165) is 12.4 Å². The molecule has 0 aliphatic carbocycles. The van der Waals surface area contributed by atoms with Crippen LogP contribution in [0, 0.1) is 0 Å². The van der Waals surface area contributed by atoms with E-state index in [-0.39, 0.29) is 23.6 Å². The van der Waals surface area contributed by atoms with E-state index in [1.54, 1.807) is 0 Å². The Morgan fingerprint density at radius 1 is 1.38 bits per heavy atom. The number of halogens is 4. The van der Waals surface area contributed by atoms with Gasteiger partial charge >= 0.3 is 12.1 Å². The molecule has 2 unspecified atom stereocenters. The number of anilines is 1. The van der Waals surface area contributed by atoms with Crippen LogP contribution in [0.5, 0.6) is 0 Å². The Labute approximate surface area is 189 Å². The molecule has 0 saturated heterocycles. The van der Waals surface area contributed by atoms with Crippen molar-refractivity contribution in [3.8, 4) is 0 Å². The Kier molecular flexibility index (Phi) is 7.88. The third-order valence-electron chi connectivity index (χ3n) is 4.31. The summed E-state index contributed by atoms with van der Waals surface area (Å²) in [5.41, 5.74) is 6.06. The van der Waals surface area contributed by atoms with Crippen molar-refractivity contribution >= 4 is 30.5 Å². The molecule has 0 saturated carbocycles. The number of rotatable bonds is 10. The van der Waals surface area contributed by atoms with E-state index in [0.29, 0.717) is 0 Å². The predicted octanol–water partition coefficient (Wildman–Crippen LogP) is 2.40. The number of hydrogen-bond acceptors (Lipinski definition) is 10. The van der Waals surface area contributed by atoms with E-state index in [9.17, 15) is 26.9 Å². The van der Waals surface area contributed by atoms with E-state index >= 15 is 0 Å². The van der Waals surface area contributed by atoms with Gasteiger partial charge in [0.15, 0.2) is 36.4 Å². The number of imidazole rings is 1. The summed E-state index contributed by atoms with van der Waals surface area (Å²) in [6, 6.07) is -1.28. The molecule has 12 nitrogen and oxygen atoms in total. The third kappa shape index (κ3) is 6.27. The summed E-state index contributed by atoms with van der Waals surface area (Å²) in [5.74, 6) is -1.64. The minimum atomic E-state index is -4.81. The number of carbonyl (C=O) groups is 1. The van der Waals surface area contributed by atoms with Crippen LogP contribution in [0.25, 0.3) is 11.2 Å². The van der Waals surface area contributed by atoms with E-state index in [2.05, 4.69) is 24.6 Å². The highest BCUT2D eigenvalue weighted by atomic mass is 31.2. The first-order valence-electron chi connectivity index (χ1n) is 9.74. The molecule has 3 N–H and O–H groups in total. The monoisotopic (exact) mass is 512 g/mol. The smallest absolute Gasteiger partial charge is 0.412 e. The molecule has 188 valence electrons. The van der Waals surface area contributed by atoms with Gasteiger partial charge in [0.1, 0.15) is 24.2 Å². The third-order valence-corrected chi connectivity index (χ3v) is 6.13. The lowest BCUT2D eigenvalue weighted by Crippen LogP contribution is -2.36. The second kappa shape index (κ2) is 10.3. The van der Waals surface area contributed by atoms with E-state index in [1.807, 2.05) is 0 Å². The molecule has 0 spiro atoms. The Balaban J connectivity index is 1.70. The number of ether oxygens (including phenoxy) is 3. The van der Waals surface area contributed by atoms with Gasteiger partial charge in [0.2, 0.25) is 0 Å². The highest BCUT2D eigenvalue weighted by molar-refractivity contribution is 7.56. The average Bonchev–Trinajstić information content (AvgIpc) is 3.34. The number of esters is 1. The minimum Gasteiger partial charge on any atom is -0.465 e. The molecule has 3 rings (SSSR count). The molecular weight excluding hydrogens is 491 g/mol. The molecule has 0 aromatic carbocycles. The van der Waals surface area contributed by atoms with Crippen LogP contribution in [0.1, 0.15) is 20.1 Å². The number of alkyl halides is 3. The maximum atomic E-state index is 14.6. The van der Waals surface area contributed by atoms with Crippen molar-refractivity contribution in [2.45, 2.75) is 38.6 Å². The fraction of sp³-hybridized carbons (Fsp3) is 0.529. The zero-order valence-corrected chi connectivity index (χ0v) is 18.8. The van der Waals surface area contributed by atoms with Crippen LogP contribution in [0.15, 0.2) is 24.6 Å². The van der Waals surface area contributed by atoms with E-state index in [4.69, 9.17) is 19.9 Å². The molecule has 2 aromatic heterocycles. The highest BCUT2D eigenvalue weighted by Crippen LogP contribution is 2.45. The molecule has 0 radical (unpaired) electrons. The largest absolute Gasteiger partial charge is 0.465 e. The molecule has 4 atom stereocenters. The van der Waals surface area contributed by atoms with E-state index in [1.165, 1.54) is 24.7 Å². The number of nitrogens with two attached hydrogens (primary N) is 1. The zero-order chi connectivity index (χ0) is 25.1. The standard InChI is InChI=1S/C17H21F4N6O6P/c1-3-30-16(28)9(2)26-34(29,32-5-17(19,20)21)8-31-11-4-10(18)15(33-11)27-7-25-12-13(22)23-6-24-14(12)27/h4,6-7,9,11,15H,3,5,8H2,1-2H3,(H,26,29)(H2,22,23,24)/t9?,11-,15+,34?/m0/s1. The number of nitrogens with one attached hydrogen (secondary N) is 1. The van der Waals surface area contributed by atoms with Crippen LogP contribution in [0.2, 0.25) is 0 Å². The summed E-state index contributed by atoms with van der Waals surface area (Å²) in [4.78, 5) is 23.5. The number of carbonyl (C=O) groups excluding carboxylic acids is 1. The van der Waals surface area contributed by atoms with Gasteiger partial charge in [-0.25, -0.2) is 24.4 Å². The van der Waals surface area contributed by atoms with Gasteiger partial charge in [0.25, 0.3) is 7.52 Å². The Morgan fingerprint density at radius 2 is 2.12 bits per heavy atom. The van der Waals surface area contributed by atoms with Crippen molar-refractivity contribution in [2.24, 2.45) is 0 Å². The fourth-order valence-corrected chi connectivity index (χ4v) is 4.46. The lowest BCUT2D eigenvalue weighted by atomic mass is 10.4. The average molecular weight is 512 g/mol. The predicted molar refractivity (Wildman–Crippen MR) is 108 cm³/mol. The number of fused-ring (bicyclic) bond motifs is 1. The topological polar surface area (TPSA) is 153 Å². The first-order valence-corrected chi connectivity index (χ1v) is 11.6. The summed E-state index contributed by atoms with van der Waals surface area (Å²) in [6.07, 6.45) is -5.40. The second-order valence-corrected chi connectivity index (χ2v) is 9.07. The quantitative estimate of drug-likeness (QED) is 0.274. The molecular formula is C17H21F4N6O6P. The summed E-state index contributed by atoms with van der Waals surface area (Å²) in [7, 11) is -4.43. The van der Waals surface area contributed by atoms with Crippen molar-refractivity contribution < 1.29 is 45.7 Å². The van der Waals surface area contributed by atoms with Gasteiger partial charge < -0.3 is 24.5 Å². The molecule has 0 amide bonds. The van der Waals surface area contributed by atoms with Crippen molar-refractivity contribution in [1.82, 2.24) is 24.6 Å². The fourth-order valence-electron chi connectivity index (χ4n) is 2.85. The van der Waals surface area contributed by atoms with Crippen molar-refractivity contribution in [3.63, 3.8) is 0 Å². The molecule has 3 heterocycles. The molecule has 34 heavy (non-hydrogen) atoms. The molecule has 0 bridgehead atoms. The van der Waals surface area contributed by atoms with Crippen LogP contribution in [0.3, 0.4) is 0 Å². The maximum absolute atomic E-state index is 14.6. The normalized spacial score (nSPS) is 21.3. The Morgan fingerprint density at radius 3 is 2.79 bits per heavy atom. The number of aromatic nitrogens is 4. The van der Waals surface area contributed by atoms with Gasteiger partial charge in [-0.3, -0.25) is 13.9 Å². The van der Waals surface area contributed by atoms with Crippen LogP contribution in [-0.4, -0.2) is 63.6 Å². The van der Waals surface area contributed by atoms with Crippen molar-refractivity contribution in [3.05, 3.63) is 24.6 Å². The van der Waals surface area contributed by atoms with Crippen molar-refractivity contribution in [2.75, 3.05) is 25.3 Å². The highest BCUT2D eigenvalue weighted by Gasteiger charge is 2.38. The lowest BCUT2D eigenvalue weighted by molar-refractivity contribution is -0.156. The van der Waals surface area contributed by atoms with Gasteiger partial charge in [0.05, 0.1) is 12.9 Å². The van der Waals surface area contributed by atoms with Crippen LogP contribution in [-0.2, 0) is 28.1 Å². The number of nitrogen functional groups attached to an aromatic ring is 1. The first-order chi connectivity index (χ1) is 15.9. The van der Waals surface area contributed by atoms with Gasteiger partial charge in [-0.05, 0) is 13.8 Å². The van der Waals surface area contributed by atoms with Crippen LogP contribution in [0.4, 0.5) is 23.4 Å². The SMILES string of the molecule is CCOC(=O)C(C)NP(=O)(CO[C@@H]1C=C(F)[C@H](n2cnc3c(N)ncnc32)O1)OCC(F)(F)F. The van der Waals surface area contributed by atoms with Crippen molar-refractivity contribution in [1.29, 1.82) is 0 Å². The molecule has 0 fully saturated rings. The molecule has 17 heteroatoms. The summed E-state index contributed by atoms with van der Waals surface area (Å²) >= 11 is 0. The van der Waals surface area contributed by atoms with Crippen LogP contribution >= 0.6 is 7.52 Å². The zero-order valence-electron chi connectivity index (χ0n) is 17.9.